The Morgan fingerprint density at radius 1 is 0.962 bits per heavy atom. The maximum absolute atomic E-state index is 12.2. The van der Waals surface area contributed by atoms with Crippen LogP contribution in [-0.4, -0.2) is 22.5 Å². The van der Waals surface area contributed by atoms with E-state index in [1.807, 2.05) is 20.8 Å². The van der Waals surface area contributed by atoms with Gasteiger partial charge in [-0.15, -0.1) is 0 Å². The average Bonchev–Trinajstić information content (AvgIpc) is 2.54. The van der Waals surface area contributed by atoms with Crippen LogP contribution in [0.1, 0.15) is 41.5 Å². The molecule has 2 amide bonds. The van der Waals surface area contributed by atoms with Crippen LogP contribution >= 0.6 is 23.8 Å². The second kappa shape index (κ2) is 8.29. The van der Waals surface area contributed by atoms with Crippen LogP contribution in [0, 0.1) is 0 Å². The fraction of sp³-hybridized carbons (Fsp3) is 0.211. The predicted octanol–water partition coefficient (Wildman–Crippen LogP) is 4.00. The minimum absolute atomic E-state index is 0.141. The number of amides is 2. The highest BCUT2D eigenvalue weighted by Gasteiger charge is 2.15. The number of hydrogen-bond acceptors (Lipinski definition) is 3. The van der Waals surface area contributed by atoms with Crippen LogP contribution in [-0.2, 0) is 0 Å². The third-order valence-electron chi connectivity index (χ3n) is 3.24. The lowest BCUT2D eigenvalue weighted by atomic mass is 10.1. The normalized spacial score (nSPS) is 10.8. The largest absolute Gasteiger partial charge is 0.347 e. The molecule has 136 valence electrons. The van der Waals surface area contributed by atoms with E-state index < -0.39 is 5.91 Å². The third kappa shape index (κ3) is 5.82. The van der Waals surface area contributed by atoms with Gasteiger partial charge in [0.1, 0.15) is 0 Å². The highest BCUT2D eigenvalue weighted by atomic mass is 35.5. The zero-order valence-corrected chi connectivity index (χ0v) is 16.3. The van der Waals surface area contributed by atoms with Crippen molar-refractivity contribution in [3.63, 3.8) is 0 Å². The minimum atomic E-state index is -0.394. The number of rotatable bonds is 3. The summed E-state index contributed by atoms with van der Waals surface area (Å²) in [5, 5.41) is 8.85. The van der Waals surface area contributed by atoms with E-state index in [4.69, 9.17) is 23.8 Å². The molecule has 0 atom stereocenters. The summed E-state index contributed by atoms with van der Waals surface area (Å²) in [4.78, 5) is 24.3. The molecule has 26 heavy (non-hydrogen) atoms. The van der Waals surface area contributed by atoms with Gasteiger partial charge in [0.15, 0.2) is 5.11 Å². The van der Waals surface area contributed by atoms with Crippen LogP contribution in [0.5, 0.6) is 0 Å². The molecule has 0 aliphatic heterocycles. The first kappa shape index (κ1) is 19.9. The lowest BCUT2D eigenvalue weighted by molar-refractivity contribution is 0.0918. The van der Waals surface area contributed by atoms with E-state index in [9.17, 15) is 9.59 Å². The molecule has 0 aromatic heterocycles. The van der Waals surface area contributed by atoms with Gasteiger partial charge in [0.25, 0.3) is 11.8 Å². The molecule has 3 N–H and O–H groups in total. The molecule has 0 saturated carbocycles. The number of thiocarbonyl (C=S) groups is 1. The van der Waals surface area contributed by atoms with Gasteiger partial charge in [0.2, 0.25) is 0 Å². The summed E-state index contributed by atoms with van der Waals surface area (Å²) >= 11 is 11.1. The quantitative estimate of drug-likeness (QED) is 0.694. The van der Waals surface area contributed by atoms with Gasteiger partial charge in [0.05, 0.1) is 10.6 Å². The topological polar surface area (TPSA) is 70.2 Å². The van der Waals surface area contributed by atoms with Gasteiger partial charge >= 0.3 is 0 Å². The third-order valence-corrected chi connectivity index (χ3v) is 3.77. The summed E-state index contributed by atoms with van der Waals surface area (Å²) < 4.78 is 0. The Bertz CT molecular complexity index is 829. The van der Waals surface area contributed by atoms with E-state index in [-0.39, 0.29) is 16.6 Å². The van der Waals surface area contributed by atoms with E-state index in [1.165, 1.54) is 0 Å². The summed E-state index contributed by atoms with van der Waals surface area (Å²) in [6.07, 6.45) is 0. The standard InChI is InChI=1S/C19H20ClN3O2S/c1-19(2,3)23-16(24)12-8-10-13(11-9-12)21-18(26)22-17(25)14-6-4-5-7-15(14)20/h4-11H,1-3H3,(H,23,24)(H2,21,22,25,26). The van der Waals surface area contributed by atoms with E-state index in [1.54, 1.807) is 48.5 Å². The van der Waals surface area contributed by atoms with Crippen LogP contribution in [0.3, 0.4) is 0 Å². The number of nitrogens with one attached hydrogen (secondary N) is 3. The number of benzene rings is 2. The Labute approximate surface area is 163 Å². The molecule has 0 bridgehead atoms. The van der Waals surface area contributed by atoms with Crippen LogP contribution in [0.2, 0.25) is 5.02 Å². The monoisotopic (exact) mass is 389 g/mol. The summed E-state index contributed by atoms with van der Waals surface area (Å²) in [5.41, 5.74) is 1.23. The molecular formula is C19H20ClN3O2S. The van der Waals surface area contributed by atoms with E-state index in [2.05, 4.69) is 16.0 Å². The smallest absolute Gasteiger partial charge is 0.258 e. The molecule has 2 aromatic rings. The van der Waals surface area contributed by atoms with Crippen molar-refractivity contribution in [1.29, 1.82) is 0 Å². The van der Waals surface area contributed by atoms with Crippen molar-refractivity contribution >= 4 is 46.4 Å². The van der Waals surface area contributed by atoms with Gasteiger partial charge in [-0.05, 0) is 69.4 Å². The molecule has 5 nitrogen and oxygen atoms in total. The van der Waals surface area contributed by atoms with E-state index >= 15 is 0 Å². The Morgan fingerprint density at radius 3 is 2.15 bits per heavy atom. The molecule has 2 rings (SSSR count). The molecule has 0 heterocycles. The molecular weight excluding hydrogens is 370 g/mol. The van der Waals surface area contributed by atoms with Crippen molar-refractivity contribution in [1.82, 2.24) is 10.6 Å². The Morgan fingerprint density at radius 2 is 1.58 bits per heavy atom. The summed E-state index contributed by atoms with van der Waals surface area (Å²) in [7, 11) is 0. The number of hydrogen-bond donors (Lipinski definition) is 3. The van der Waals surface area contributed by atoms with Crippen LogP contribution in [0.25, 0.3) is 0 Å². The molecule has 7 heteroatoms. The van der Waals surface area contributed by atoms with E-state index in [0.717, 1.165) is 0 Å². The molecule has 2 aromatic carbocycles. The van der Waals surface area contributed by atoms with Crippen molar-refractivity contribution in [2.24, 2.45) is 0 Å². The number of halogens is 1. The Hall–Kier alpha value is -2.44. The summed E-state index contributed by atoms with van der Waals surface area (Å²) in [6, 6.07) is 13.5. The number of carbonyl (C=O) groups is 2. The molecule has 0 unspecified atom stereocenters. The fourth-order valence-corrected chi connectivity index (χ4v) is 2.53. The van der Waals surface area contributed by atoms with Crippen molar-refractivity contribution in [2.45, 2.75) is 26.3 Å². The molecule has 0 fully saturated rings. The molecule has 0 radical (unpaired) electrons. The van der Waals surface area contributed by atoms with Gasteiger partial charge in [-0.1, -0.05) is 23.7 Å². The lowest BCUT2D eigenvalue weighted by Crippen LogP contribution is -2.40. The van der Waals surface area contributed by atoms with Crippen molar-refractivity contribution < 1.29 is 9.59 Å². The zero-order valence-electron chi connectivity index (χ0n) is 14.7. The SMILES string of the molecule is CC(C)(C)NC(=O)c1ccc(NC(=S)NC(=O)c2ccccc2Cl)cc1. The van der Waals surface area contributed by atoms with Crippen molar-refractivity contribution in [2.75, 3.05) is 5.32 Å². The molecule has 0 saturated heterocycles. The second-order valence-corrected chi connectivity index (χ2v) is 7.49. The highest BCUT2D eigenvalue weighted by Crippen LogP contribution is 2.15. The van der Waals surface area contributed by atoms with Gasteiger partial charge < -0.3 is 10.6 Å². The average molecular weight is 390 g/mol. The maximum Gasteiger partial charge on any atom is 0.258 e. The molecule has 0 aliphatic rings. The molecule has 0 spiro atoms. The first-order valence-corrected chi connectivity index (χ1v) is 8.74. The van der Waals surface area contributed by atoms with Gasteiger partial charge in [0, 0.05) is 16.8 Å². The first-order chi connectivity index (χ1) is 12.2. The van der Waals surface area contributed by atoms with Crippen molar-refractivity contribution in [3.05, 3.63) is 64.7 Å². The van der Waals surface area contributed by atoms with Crippen LogP contribution in [0.15, 0.2) is 48.5 Å². The summed E-state index contributed by atoms with van der Waals surface area (Å²) in [6.45, 7) is 5.75. The van der Waals surface area contributed by atoms with E-state index in [0.29, 0.717) is 21.8 Å². The second-order valence-electron chi connectivity index (χ2n) is 6.67. The summed E-state index contributed by atoms with van der Waals surface area (Å²) in [5.74, 6) is -0.548. The van der Waals surface area contributed by atoms with Crippen LogP contribution in [0.4, 0.5) is 5.69 Å². The number of anilines is 1. The Balaban J connectivity index is 1.96. The zero-order chi connectivity index (χ0) is 19.3. The Kier molecular flexibility index (Phi) is 6.34. The van der Waals surface area contributed by atoms with Crippen LogP contribution < -0.4 is 16.0 Å². The van der Waals surface area contributed by atoms with Gasteiger partial charge in [-0.3, -0.25) is 14.9 Å². The fourth-order valence-electron chi connectivity index (χ4n) is 2.10. The highest BCUT2D eigenvalue weighted by molar-refractivity contribution is 7.80. The predicted molar refractivity (Wildman–Crippen MR) is 109 cm³/mol. The van der Waals surface area contributed by atoms with Gasteiger partial charge in [-0.25, -0.2) is 0 Å². The lowest BCUT2D eigenvalue weighted by Gasteiger charge is -2.20. The van der Waals surface area contributed by atoms with Gasteiger partial charge in [-0.2, -0.15) is 0 Å². The first-order valence-electron chi connectivity index (χ1n) is 7.95. The number of carbonyl (C=O) groups excluding carboxylic acids is 2. The maximum atomic E-state index is 12.2. The minimum Gasteiger partial charge on any atom is -0.347 e. The van der Waals surface area contributed by atoms with Crippen molar-refractivity contribution in [3.8, 4) is 0 Å². The molecule has 0 aliphatic carbocycles.